The lowest BCUT2D eigenvalue weighted by Crippen LogP contribution is -2.06. The summed E-state index contributed by atoms with van der Waals surface area (Å²) in [6.45, 7) is 7.56. The highest BCUT2D eigenvalue weighted by atomic mass is 79.9. The molecule has 1 heterocycles. The average Bonchev–Trinajstić information content (AvgIpc) is 2.56. The van der Waals surface area contributed by atoms with Gasteiger partial charge in [-0.05, 0) is 19.3 Å². The van der Waals surface area contributed by atoms with Crippen LogP contribution in [0.3, 0.4) is 0 Å². The van der Waals surface area contributed by atoms with E-state index in [0.29, 0.717) is 0 Å². The zero-order valence-corrected chi connectivity index (χ0v) is 10.7. The molecule has 0 aromatic carbocycles. The first-order chi connectivity index (χ1) is 6.69. The van der Waals surface area contributed by atoms with Gasteiger partial charge in [0.15, 0.2) is 0 Å². The molecule has 0 fully saturated rings. The van der Waals surface area contributed by atoms with Gasteiger partial charge < -0.3 is 4.57 Å². The Balaban J connectivity index is 2.71. The number of aromatic nitrogens is 3. The van der Waals surface area contributed by atoms with E-state index in [4.69, 9.17) is 0 Å². The molecule has 0 amide bonds. The van der Waals surface area contributed by atoms with Crippen LogP contribution in [0.15, 0.2) is 0 Å². The van der Waals surface area contributed by atoms with Gasteiger partial charge in [0.2, 0.25) is 0 Å². The molecule has 80 valence electrons. The number of rotatable bonds is 5. The molecule has 4 heteroatoms. The number of aryl methyl sites for hydroxylation is 1. The van der Waals surface area contributed by atoms with Gasteiger partial charge in [0, 0.05) is 13.0 Å². The van der Waals surface area contributed by atoms with Crippen molar-refractivity contribution in [1.82, 2.24) is 14.8 Å². The maximum Gasteiger partial charge on any atom is 0.143 e. The molecular formula is C10H18BrN3. The van der Waals surface area contributed by atoms with Gasteiger partial charge in [0.05, 0.1) is 5.33 Å². The summed E-state index contributed by atoms with van der Waals surface area (Å²) in [4.78, 5) is 0. The Bertz CT molecular complexity index is 281. The van der Waals surface area contributed by atoms with E-state index in [1.54, 1.807) is 0 Å². The van der Waals surface area contributed by atoms with Crippen LogP contribution in [0.25, 0.3) is 0 Å². The molecule has 0 N–H and O–H groups in total. The van der Waals surface area contributed by atoms with Crippen molar-refractivity contribution in [2.75, 3.05) is 0 Å². The van der Waals surface area contributed by atoms with E-state index in [-0.39, 0.29) is 0 Å². The summed E-state index contributed by atoms with van der Waals surface area (Å²) in [6, 6.07) is 0. The van der Waals surface area contributed by atoms with Gasteiger partial charge in [-0.25, -0.2) is 0 Å². The predicted molar refractivity (Wildman–Crippen MR) is 61.5 cm³/mol. The fraction of sp³-hybridized carbons (Fsp3) is 0.800. The van der Waals surface area contributed by atoms with Gasteiger partial charge in [0.1, 0.15) is 11.6 Å². The van der Waals surface area contributed by atoms with Crippen molar-refractivity contribution in [2.45, 2.75) is 45.5 Å². The molecule has 3 nitrogen and oxygen atoms in total. The predicted octanol–water partition coefficient (Wildman–Crippen LogP) is 2.78. The van der Waals surface area contributed by atoms with E-state index in [9.17, 15) is 0 Å². The highest BCUT2D eigenvalue weighted by Gasteiger charge is 2.09. The molecule has 0 aliphatic carbocycles. The highest BCUT2D eigenvalue weighted by molar-refractivity contribution is 9.08. The van der Waals surface area contributed by atoms with Crippen LogP contribution in [-0.4, -0.2) is 14.8 Å². The van der Waals surface area contributed by atoms with Crippen LogP contribution in [0, 0.1) is 5.92 Å². The summed E-state index contributed by atoms with van der Waals surface area (Å²) in [6.07, 6.45) is 2.21. The molecule has 0 unspecified atom stereocenters. The average molecular weight is 260 g/mol. The molecule has 1 rings (SSSR count). The van der Waals surface area contributed by atoms with Crippen molar-refractivity contribution in [2.24, 2.45) is 5.92 Å². The van der Waals surface area contributed by atoms with E-state index in [2.05, 4.69) is 51.5 Å². The zero-order valence-electron chi connectivity index (χ0n) is 9.13. The van der Waals surface area contributed by atoms with Crippen molar-refractivity contribution < 1.29 is 0 Å². The summed E-state index contributed by atoms with van der Waals surface area (Å²) < 4.78 is 2.19. The van der Waals surface area contributed by atoms with Crippen LogP contribution < -0.4 is 0 Å². The maximum atomic E-state index is 4.21. The van der Waals surface area contributed by atoms with Gasteiger partial charge in [0.25, 0.3) is 0 Å². The third kappa shape index (κ3) is 2.80. The molecule has 0 radical (unpaired) electrons. The van der Waals surface area contributed by atoms with Crippen molar-refractivity contribution in [3.05, 3.63) is 11.6 Å². The fourth-order valence-electron chi connectivity index (χ4n) is 1.44. The Morgan fingerprint density at radius 3 is 2.43 bits per heavy atom. The summed E-state index contributed by atoms with van der Waals surface area (Å²) in [5, 5.41) is 9.15. The smallest absolute Gasteiger partial charge is 0.143 e. The van der Waals surface area contributed by atoms with Crippen LogP contribution in [0.2, 0.25) is 0 Å². The Labute approximate surface area is 94.0 Å². The van der Waals surface area contributed by atoms with Gasteiger partial charge in [-0.15, -0.1) is 10.2 Å². The van der Waals surface area contributed by atoms with Gasteiger partial charge in [-0.1, -0.05) is 29.8 Å². The molecule has 0 aliphatic rings. The molecule has 1 aromatic rings. The maximum absolute atomic E-state index is 4.21. The lowest BCUT2D eigenvalue weighted by atomic mass is 10.1. The monoisotopic (exact) mass is 259 g/mol. The van der Waals surface area contributed by atoms with Crippen LogP contribution in [0.1, 0.15) is 38.8 Å². The molecule has 14 heavy (non-hydrogen) atoms. The van der Waals surface area contributed by atoms with Gasteiger partial charge in [-0.3, -0.25) is 0 Å². The third-order valence-electron chi connectivity index (χ3n) is 2.29. The lowest BCUT2D eigenvalue weighted by molar-refractivity contribution is 0.555. The number of halogens is 1. The Kier molecular flexibility index (Phi) is 4.58. The zero-order chi connectivity index (χ0) is 10.6. The molecule has 0 aliphatic heterocycles. The Morgan fingerprint density at radius 2 is 1.93 bits per heavy atom. The molecular weight excluding hydrogens is 242 g/mol. The second-order valence-corrected chi connectivity index (χ2v) is 4.40. The highest BCUT2D eigenvalue weighted by Crippen LogP contribution is 2.10. The molecule has 0 atom stereocenters. The van der Waals surface area contributed by atoms with E-state index >= 15 is 0 Å². The molecule has 0 saturated heterocycles. The van der Waals surface area contributed by atoms with Crippen LogP contribution in [0.5, 0.6) is 0 Å². The van der Waals surface area contributed by atoms with Crippen LogP contribution in [0.4, 0.5) is 0 Å². The van der Waals surface area contributed by atoms with Crippen molar-refractivity contribution in [1.29, 1.82) is 0 Å². The minimum Gasteiger partial charge on any atom is -0.315 e. The second-order valence-electron chi connectivity index (χ2n) is 3.84. The Hall–Kier alpha value is -0.380. The number of hydrogen-bond donors (Lipinski definition) is 0. The van der Waals surface area contributed by atoms with E-state index < -0.39 is 0 Å². The quantitative estimate of drug-likeness (QED) is 0.762. The van der Waals surface area contributed by atoms with Crippen molar-refractivity contribution in [3.8, 4) is 0 Å². The summed E-state index contributed by atoms with van der Waals surface area (Å²) >= 11 is 3.42. The van der Waals surface area contributed by atoms with Crippen LogP contribution >= 0.6 is 15.9 Å². The largest absolute Gasteiger partial charge is 0.315 e. The van der Waals surface area contributed by atoms with Crippen LogP contribution in [-0.2, 0) is 18.3 Å². The fourth-order valence-corrected chi connectivity index (χ4v) is 1.85. The second kappa shape index (κ2) is 5.49. The van der Waals surface area contributed by atoms with E-state index in [1.165, 1.54) is 6.42 Å². The standard InChI is InChI=1S/C10H18BrN3/c1-4-14-9(6-5-8(2)3)12-13-10(14)7-11/h8H,4-7H2,1-3H3. The van der Waals surface area contributed by atoms with E-state index in [0.717, 1.165) is 35.9 Å². The normalized spacial score (nSPS) is 11.2. The number of alkyl halides is 1. The molecule has 0 saturated carbocycles. The van der Waals surface area contributed by atoms with Crippen molar-refractivity contribution in [3.63, 3.8) is 0 Å². The van der Waals surface area contributed by atoms with Gasteiger partial charge >= 0.3 is 0 Å². The SMILES string of the molecule is CCn1c(CBr)nnc1CCC(C)C. The third-order valence-corrected chi connectivity index (χ3v) is 2.79. The summed E-state index contributed by atoms with van der Waals surface area (Å²) in [5.41, 5.74) is 0. The first-order valence-corrected chi connectivity index (χ1v) is 6.28. The first-order valence-electron chi connectivity index (χ1n) is 5.16. The first kappa shape index (κ1) is 11.7. The molecule has 0 bridgehead atoms. The minimum atomic E-state index is 0.726. The summed E-state index contributed by atoms with van der Waals surface area (Å²) in [5.74, 6) is 2.88. The van der Waals surface area contributed by atoms with E-state index in [1.807, 2.05) is 0 Å². The Morgan fingerprint density at radius 1 is 1.29 bits per heavy atom. The summed E-state index contributed by atoms with van der Waals surface area (Å²) in [7, 11) is 0. The topological polar surface area (TPSA) is 30.7 Å². The molecule has 1 aromatic heterocycles. The number of hydrogen-bond acceptors (Lipinski definition) is 2. The minimum absolute atomic E-state index is 0.726. The van der Waals surface area contributed by atoms with Crippen molar-refractivity contribution >= 4 is 15.9 Å². The molecule has 0 spiro atoms. The lowest BCUT2D eigenvalue weighted by Gasteiger charge is -2.07. The number of nitrogens with zero attached hydrogens (tertiary/aromatic N) is 3. The van der Waals surface area contributed by atoms with Gasteiger partial charge in [-0.2, -0.15) is 0 Å².